The zero-order valence-electron chi connectivity index (χ0n) is 17.5. The van der Waals surface area contributed by atoms with Crippen LogP contribution < -0.4 is 24.7 Å². The summed E-state index contributed by atoms with van der Waals surface area (Å²) >= 11 is 0. The number of methoxy groups -OCH3 is 4. The fraction of sp³-hybridized carbons (Fsp3) is 0.250. The highest BCUT2D eigenvalue weighted by molar-refractivity contribution is 5.74. The number of hydrogen-bond acceptors (Lipinski definition) is 5. The van der Waals surface area contributed by atoms with E-state index in [9.17, 15) is 0 Å². The lowest BCUT2D eigenvalue weighted by atomic mass is 9.90. The van der Waals surface area contributed by atoms with Gasteiger partial charge in [0.25, 0.3) is 0 Å². The summed E-state index contributed by atoms with van der Waals surface area (Å²) in [5.74, 6) is 2.75. The van der Waals surface area contributed by atoms with E-state index in [-0.39, 0.29) is 5.92 Å². The number of hydrogen-bond donors (Lipinski definition) is 1. The monoisotopic (exact) mass is 393 g/mol. The maximum atomic E-state index is 5.99. The average Bonchev–Trinajstić information content (AvgIpc) is 2.76. The Bertz CT molecular complexity index is 975. The van der Waals surface area contributed by atoms with Gasteiger partial charge in [-0.25, -0.2) is 0 Å². The lowest BCUT2D eigenvalue weighted by Crippen LogP contribution is -2.01. The number of ether oxygens (including phenoxy) is 4. The van der Waals surface area contributed by atoms with E-state index in [2.05, 4.69) is 19.1 Å². The van der Waals surface area contributed by atoms with Gasteiger partial charge in [0.15, 0.2) is 11.5 Å². The van der Waals surface area contributed by atoms with Crippen molar-refractivity contribution in [2.24, 2.45) is 0 Å². The van der Waals surface area contributed by atoms with Gasteiger partial charge in [-0.05, 0) is 53.1 Å². The molecular weight excluding hydrogens is 366 g/mol. The van der Waals surface area contributed by atoms with Gasteiger partial charge in [0.1, 0.15) is 5.75 Å². The van der Waals surface area contributed by atoms with E-state index in [1.54, 1.807) is 28.4 Å². The van der Waals surface area contributed by atoms with Gasteiger partial charge in [-0.3, -0.25) is 0 Å². The summed E-state index contributed by atoms with van der Waals surface area (Å²) in [5, 5.41) is 0. The second-order valence-corrected chi connectivity index (χ2v) is 6.77. The van der Waals surface area contributed by atoms with E-state index in [4.69, 9.17) is 24.7 Å². The van der Waals surface area contributed by atoms with E-state index in [0.29, 0.717) is 22.9 Å². The van der Waals surface area contributed by atoms with Crippen LogP contribution in [0, 0.1) is 0 Å². The molecule has 0 aromatic heterocycles. The van der Waals surface area contributed by atoms with Crippen LogP contribution in [0.25, 0.3) is 11.1 Å². The summed E-state index contributed by atoms with van der Waals surface area (Å²) in [6.07, 6.45) is 0. The molecule has 1 atom stereocenters. The van der Waals surface area contributed by atoms with Crippen molar-refractivity contribution in [2.75, 3.05) is 34.2 Å². The molecule has 0 heterocycles. The lowest BCUT2D eigenvalue weighted by Gasteiger charge is -2.19. The van der Waals surface area contributed by atoms with Crippen molar-refractivity contribution in [2.45, 2.75) is 12.8 Å². The molecule has 0 fully saturated rings. The predicted molar refractivity (Wildman–Crippen MR) is 116 cm³/mol. The quantitative estimate of drug-likeness (QED) is 0.564. The smallest absolute Gasteiger partial charge is 0.203 e. The van der Waals surface area contributed by atoms with Crippen molar-refractivity contribution in [1.82, 2.24) is 0 Å². The molecular formula is C24H27NO4. The molecule has 0 aliphatic carbocycles. The Hall–Kier alpha value is -3.34. The van der Waals surface area contributed by atoms with Crippen molar-refractivity contribution >= 4 is 5.69 Å². The van der Waals surface area contributed by atoms with Gasteiger partial charge in [0.2, 0.25) is 5.75 Å². The number of benzene rings is 3. The Morgan fingerprint density at radius 2 is 1.34 bits per heavy atom. The molecule has 0 aliphatic rings. The Labute approximate surface area is 172 Å². The molecule has 0 radical (unpaired) electrons. The molecule has 0 amide bonds. The summed E-state index contributed by atoms with van der Waals surface area (Å²) in [4.78, 5) is 0. The minimum absolute atomic E-state index is 0.0921. The molecule has 0 spiro atoms. The van der Waals surface area contributed by atoms with Gasteiger partial charge in [-0.1, -0.05) is 25.1 Å². The first-order valence-electron chi connectivity index (χ1n) is 9.36. The SMILES string of the molecule is COc1ccc(C(C)c2cc(OC)c(OC)c(OC)c2)cc1-c1cccc(N)c1. The number of nitrogens with two attached hydrogens (primary N) is 1. The Balaban J connectivity index is 2.08. The molecule has 0 saturated carbocycles. The van der Waals surface area contributed by atoms with E-state index in [1.165, 1.54) is 0 Å². The fourth-order valence-electron chi connectivity index (χ4n) is 3.47. The largest absolute Gasteiger partial charge is 0.496 e. The van der Waals surface area contributed by atoms with Crippen molar-refractivity contribution in [3.63, 3.8) is 0 Å². The van der Waals surface area contributed by atoms with Crippen LogP contribution in [0.1, 0.15) is 24.0 Å². The lowest BCUT2D eigenvalue weighted by molar-refractivity contribution is 0.323. The molecule has 3 aromatic rings. The molecule has 5 heteroatoms. The van der Waals surface area contributed by atoms with Crippen molar-refractivity contribution in [1.29, 1.82) is 0 Å². The van der Waals surface area contributed by atoms with Crippen LogP contribution in [-0.4, -0.2) is 28.4 Å². The van der Waals surface area contributed by atoms with Gasteiger partial charge in [-0.15, -0.1) is 0 Å². The zero-order valence-corrected chi connectivity index (χ0v) is 17.5. The second-order valence-electron chi connectivity index (χ2n) is 6.77. The molecule has 0 aliphatic heterocycles. The first-order valence-corrected chi connectivity index (χ1v) is 9.36. The Morgan fingerprint density at radius 1 is 0.690 bits per heavy atom. The predicted octanol–water partition coefficient (Wildman–Crippen LogP) is 5.12. The van der Waals surface area contributed by atoms with E-state index in [0.717, 1.165) is 28.0 Å². The number of nitrogen functional groups attached to an aromatic ring is 1. The average molecular weight is 393 g/mol. The van der Waals surface area contributed by atoms with Crippen molar-refractivity contribution < 1.29 is 18.9 Å². The molecule has 0 saturated heterocycles. The molecule has 3 aromatic carbocycles. The van der Waals surface area contributed by atoms with Gasteiger partial charge in [0, 0.05) is 17.2 Å². The summed E-state index contributed by atoms with van der Waals surface area (Å²) < 4.78 is 22.0. The summed E-state index contributed by atoms with van der Waals surface area (Å²) in [7, 11) is 6.52. The van der Waals surface area contributed by atoms with E-state index >= 15 is 0 Å². The van der Waals surface area contributed by atoms with Crippen molar-refractivity contribution in [3.8, 4) is 34.1 Å². The van der Waals surface area contributed by atoms with Crippen LogP contribution in [-0.2, 0) is 0 Å². The minimum Gasteiger partial charge on any atom is -0.496 e. The van der Waals surface area contributed by atoms with Gasteiger partial charge in [0.05, 0.1) is 28.4 Å². The molecule has 152 valence electrons. The van der Waals surface area contributed by atoms with Crippen LogP contribution in [0.5, 0.6) is 23.0 Å². The number of anilines is 1. The third kappa shape index (κ3) is 4.09. The van der Waals surface area contributed by atoms with Crippen molar-refractivity contribution in [3.05, 3.63) is 65.7 Å². The standard InChI is InChI=1S/C24H27NO4/c1-15(18-13-22(27-3)24(29-5)23(14-18)28-4)16-9-10-21(26-2)20(12-16)17-7-6-8-19(25)11-17/h6-15H,25H2,1-5H3. The van der Waals surface area contributed by atoms with Crippen LogP contribution in [0.15, 0.2) is 54.6 Å². The first kappa shape index (κ1) is 20.4. The zero-order chi connectivity index (χ0) is 21.0. The Kier molecular flexibility index (Phi) is 6.17. The summed E-state index contributed by atoms with van der Waals surface area (Å²) in [6, 6.07) is 18.0. The minimum atomic E-state index is 0.0921. The maximum absolute atomic E-state index is 5.99. The topological polar surface area (TPSA) is 62.9 Å². The fourth-order valence-corrected chi connectivity index (χ4v) is 3.47. The highest BCUT2D eigenvalue weighted by Gasteiger charge is 2.19. The highest BCUT2D eigenvalue weighted by Crippen LogP contribution is 2.42. The molecule has 5 nitrogen and oxygen atoms in total. The second kappa shape index (κ2) is 8.78. The third-order valence-electron chi connectivity index (χ3n) is 5.11. The Morgan fingerprint density at radius 3 is 1.90 bits per heavy atom. The number of rotatable bonds is 7. The normalized spacial score (nSPS) is 11.6. The molecule has 0 bridgehead atoms. The van der Waals surface area contributed by atoms with E-state index in [1.807, 2.05) is 42.5 Å². The molecule has 2 N–H and O–H groups in total. The van der Waals surface area contributed by atoms with Gasteiger partial charge in [-0.2, -0.15) is 0 Å². The molecule has 1 unspecified atom stereocenters. The van der Waals surface area contributed by atoms with Gasteiger partial charge >= 0.3 is 0 Å². The van der Waals surface area contributed by atoms with Crippen LogP contribution in [0.4, 0.5) is 5.69 Å². The summed E-state index contributed by atoms with van der Waals surface area (Å²) in [6.45, 7) is 2.14. The maximum Gasteiger partial charge on any atom is 0.203 e. The van der Waals surface area contributed by atoms with Gasteiger partial charge < -0.3 is 24.7 Å². The van der Waals surface area contributed by atoms with E-state index < -0.39 is 0 Å². The summed E-state index contributed by atoms with van der Waals surface area (Å²) in [5.41, 5.74) is 10.9. The van der Waals surface area contributed by atoms with Crippen LogP contribution in [0.3, 0.4) is 0 Å². The van der Waals surface area contributed by atoms with Crippen LogP contribution >= 0.6 is 0 Å². The molecule has 29 heavy (non-hydrogen) atoms. The third-order valence-corrected chi connectivity index (χ3v) is 5.11. The molecule has 3 rings (SSSR count). The highest BCUT2D eigenvalue weighted by atomic mass is 16.5. The van der Waals surface area contributed by atoms with Crippen LogP contribution in [0.2, 0.25) is 0 Å². The first-order chi connectivity index (χ1) is 14.0.